The van der Waals surface area contributed by atoms with Crippen LogP contribution < -0.4 is 9.47 Å². The van der Waals surface area contributed by atoms with Gasteiger partial charge in [-0.1, -0.05) is 59.3 Å². The Balaban J connectivity index is 1.44. The van der Waals surface area contributed by atoms with Gasteiger partial charge in [0.05, 0.1) is 11.8 Å². The Kier molecular flexibility index (Phi) is 12.5. The number of hydrogen-bond donors (Lipinski definition) is 0. The molecule has 1 atom stereocenters. The van der Waals surface area contributed by atoms with E-state index in [2.05, 4.69) is 30.7 Å². The number of aromatic nitrogens is 2. The summed E-state index contributed by atoms with van der Waals surface area (Å²) in [7, 11) is 0. The predicted molar refractivity (Wildman–Crippen MR) is 154 cm³/mol. The number of carbonyl (C=O) groups is 1. The van der Waals surface area contributed by atoms with Crippen molar-refractivity contribution in [3.05, 3.63) is 84.4 Å². The van der Waals surface area contributed by atoms with Gasteiger partial charge in [-0.25, -0.2) is 14.8 Å². The topological polar surface area (TPSA) is 61.3 Å². The maximum absolute atomic E-state index is 12.6. The molecule has 202 valence electrons. The average molecular weight is 515 g/mol. The summed E-state index contributed by atoms with van der Waals surface area (Å²) in [6, 6.07) is 14.2. The fraction of sp³-hybridized carbons (Fsp3) is 0.424. The zero-order valence-corrected chi connectivity index (χ0v) is 23.2. The molecule has 0 radical (unpaired) electrons. The van der Waals surface area contributed by atoms with Gasteiger partial charge in [0.25, 0.3) is 0 Å². The van der Waals surface area contributed by atoms with Crippen molar-refractivity contribution >= 4 is 5.97 Å². The van der Waals surface area contributed by atoms with Crippen molar-refractivity contribution in [1.82, 2.24) is 9.97 Å². The van der Waals surface area contributed by atoms with E-state index in [-0.39, 0.29) is 0 Å². The zero-order chi connectivity index (χ0) is 27.0. The number of unbranched alkanes of at least 4 members (excludes halogenated alkanes) is 5. The Morgan fingerprint density at radius 2 is 1.58 bits per heavy atom. The molecule has 1 heterocycles. The fourth-order valence-corrected chi connectivity index (χ4v) is 4.05. The van der Waals surface area contributed by atoms with Gasteiger partial charge in [-0.05, 0) is 91.8 Å². The first-order valence-electron chi connectivity index (χ1n) is 14.1. The van der Waals surface area contributed by atoms with Crippen LogP contribution in [0, 0.1) is 5.92 Å². The monoisotopic (exact) mass is 514 g/mol. The molecule has 0 saturated heterocycles. The second-order valence-corrected chi connectivity index (χ2v) is 9.95. The Hall–Kier alpha value is -3.47. The minimum absolute atomic E-state index is 0.413. The first-order valence-corrected chi connectivity index (χ1v) is 14.1. The normalized spacial score (nSPS) is 12.0. The molecule has 0 bridgehead atoms. The van der Waals surface area contributed by atoms with Crippen LogP contribution in [0.1, 0.15) is 94.5 Å². The van der Waals surface area contributed by atoms with Gasteiger partial charge in [-0.15, -0.1) is 0 Å². The number of nitrogens with zero attached hydrogens (tertiary/aromatic N) is 2. The molecule has 0 saturated carbocycles. The van der Waals surface area contributed by atoms with Gasteiger partial charge in [0, 0.05) is 18.0 Å². The summed E-state index contributed by atoms with van der Waals surface area (Å²) in [4.78, 5) is 21.6. The lowest BCUT2D eigenvalue weighted by Gasteiger charge is -2.08. The van der Waals surface area contributed by atoms with Gasteiger partial charge in [-0.3, -0.25) is 0 Å². The molecule has 5 heteroatoms. The highest BCUT2D eigenvalue weighted by atomic mass is 16.5. The van der Waals surface area contributed by atoms with E-state index in [9.17, 15) is 4.79 Å². The summed E-state index contributed by atoms with van der Waals surface area (Å²) in [6.45, 7) is 6.77. The van der Waals surface area contributed by atoms with Crippen LogP contribution in [0.3, 0.4) is 0 Å². The molecule has 0 spiro atoms. The molecule has 1 aromatic heterocycles. The maximum atomic E-state index is 12.6. The van der Waals surface area contributed by atoms with Gasteiger partial charge in [-0.2, -0.15) is 0 Å². The van der Waals surface area contributed by atoms with Crippen molar-refractivity contribution in [2.45, 2.75) is 85.0 Å². The van der Waals surface area contributed by atoms with Gasteiger partial charge < -0.3 is 9.47 Å². The Labute approximate surface area is 228 Å². The largest absolute Gasteiger partial charge is 0.465 e. The molecule has 0 aliphatic heterocycles. The average Bonchev–Trinajstić information content (AvgIpc) is 2.95. The van der Waals surface area contributed by atoms with E-state index < -0.39 is 5.97 Å². The van der Waals surface area contributed by atoms with Crippen LogP contribution in [-0.4, -0.2) is 15.9 Å². The van der Waals surface area contributed by atoms with Crippen LogP contribution in [0.25, 0.3) is 11.4 Å². The van der Waals surface area contributed by atoms with Crippen molar-refractivity contribution in [1.29, 1.82) is 0 Å². The third-order valence-corrected chi connectivity index (χ3v) is 6.75. The summed E-state index contributed by atoms with van der Waals surface area (Å²) in [5.74, 6) is 2.24. The van der Waals surface area contributed by atoms with E-state index in [4.69, 9.17) is 9.47 Å². The fourth-order valence-electron chi connectivity index (χ4n) is 4.05. The summed E-state index contributed by atoms with van der Waals surface area (Å²) in [6.07, 6.45) is 19.5. The minimum Gasteiger partial charge on any atom is -0.465 e. The van der Waals surface area contributed by atoms with Crippen LogP contribution in [0.5, 0.6) is 11.5 Å². The van der Waals surface area contributed by atoms with Crippen molar-refractivity contribution in [3.8, 4) is 22.9 Å². The smallest absolute Gasteiger partial charge is 0.343 e. The Bertz CT molecular complexity index is 1110. The number of aryl methyl sites for hydroxylation is 1. The van der Waals surface area contributed by atoms with E-state index in [0.717, 1.165) is 24.3 Å². The highest BCUT2D eigenvalue weighted by Gasteiger charge is 2.10. The minimum atomic E-state index is -0.413. The molecule has 38 heavy (non-hydrogen) atoms. The van der Waals surface area contributed by atoms with Crippen LogP contribution in [0.2, 0.25) is 0 Å². The summed E-state index contributed by atoms with van der Waals surface area (Å²) < 4.78 is 11.1. The number of hydrogen-bond acceptors (Lipinski definition) is 5. The summed E-state index contributed by atoms with van der Waals surface area (Å²) in [5.41, 5.74) is 2.52. The predicted octanol–water partition coefficient (Wildman–Crippen LogP) is 8.98. The van der Waals surface area contributed by atoms with Crippen LogP contribution in [0.4, 0.5) is 0 Å². The van der Waals surface area contributed by atoms with E-state index >= 15 is 0 Å². The molecule has 3 aromatic rings. The first-order chi connectivity index (χ1) is 18.6. The maximum Gasteiger partial charge on any atom is 0.343 e. The molecular weight excluding hydrogens is 472 g/mol. The SMILES string of the molecule is CCCCC/C=C/Oc1ccc(C(=O)Oc2ccc(-c3ncc(CCCCC[C@@H](C)CC)cn3)cc2)cc1. The summed E-state index contributed by atoms with van der Waals surface area (Å²) >= 11 is 0. The molecule has 2 aromatic carbocycles. The number of esters is 1. The highest BCUT2D eigenvalue weighted by Crippen LogP contribution is 2.21. The molecule has 0 aliphatic carbocycles. The van der Waals surface area contributed by atoms with Gasteiger partial charge in [0.2, 0.25) is 0 Å². The van der Waals surface area contributed by atoms with Crippen LogP contribution >= 0.6 is 0 Å². The third kappa shape index (κ3) is 10.1. The van der Waals surface area contributed by atoms with Gasteiger partial charge in [0.15, 0.2) is 5.82 Å². The first kappa shape index (κ1) is 29.1. The molecule has 0 N–H and O–H groups in total. The van der Waals surface area contributed by atoms with Crippen molar-refractivity contribution in [2.24, 2.45) is 5.92 Å². The second-order valence-electron chi connectivity index (χ2n) is 9.95. The molecule has 0 aliphatic rings. The Morgan fingerprint density at radius 3 is 2.26 bits per heavy atom. The van der Waals surface area contributed by atoms with Crippen LogP contribution in [0.15, 0.2) is 73.3 Å². The third-order valence-electron chi connectivity index (χ3n) is 6.75. The standard InChI is InChI=1S/C33H42N2O3/c1-4-6-7-8-12-23-37-30-19-17-29(18-20-30)33(36)38-31-21-15-28(16-22-31)32-34-24-27(25-35-32)14-11-9-10-13-26(3)5-2/h12,15-26H,4-11,13-14H2,1-3H3/b23-12+/t26-/m0/s1. The lowest BCUT2D eigenvalue weighted by molar-refractivity contribution is 0.0734. The van der Waals surface area contributed by atoms with E-state index in [0.29, 0.717) is 22.9 Å². The van der Waals surface area contributed by atoms with Gasteiger partial charge in [0.1, 0.15) is 11.5 Å². The van der Waals surface area contributed by atoms with Crippen molar-refractivity contribution < 1.29 is 14.3 Å². The molecular formula is C33H42N2O3. The molecule has 3 rings (SSSR count). The van der Waals surface area contributed by atoms with Crippen LogP contribution in [-0.2, 0) is 6.42 Å². The van der Waals surface area contributed by atoms with Crippen molar-refractivity contribution in [2.75, 3.05) is 0 Å². The molecule has 0 amide bonds. The molecule has 5 nitrogen and oxygen atoms in total. The van der Waals surface area contributed by atoms with E-state index in [1.807, 2.05) is 30.6 Å². The highest BCUT2D eigenvalue weighted by molar-refractivity contribution is 5.91. The number of ether oxygens (including phenoxy) is 2. The number of carbonyl (C=O) groups excluding carboxylic acids is 1. The quantitative estimate of drug-likeness (QED) is 0.0826. The number of rotatable bonds is 16. The Morgan fingerprint density at radius 1 is 0.868 bits per heavy atom. The summed E-state index contributed by atoms with van der Waals surface area (Å²) in [5, 5.41) is 0. The zero-order valence-electron chi connectivity index (χ0n) is 23.2. The lowest BCUT2D eigenvalue weighted by Crippen LogP contribution is -2.08. The second kappa shape index (κ2) is 16.4. The number of benzene rings is 2. The number of allylic oxidation sites excluding steroid dienone is 1. The molecule has 0 fully saturated rings. The van der Waals surface area contributed by atoms with Gasteiger partial charge >= 0.3 is 5.97 Å². The van der Waals surface area contributed by atoms with E-state index in [1.54, 1.807) is 42.7 Å². The van der Waals surface area contributed by atoms with E-state index in [1.165, 1.54) is 56.9 Å². The molecule has 0 unspecified atom stereocenters. The van der Waals surface area contributed by atoms with Crippen molar-refractivity contribution in [3.63, 3.8) is 0 Å². The lowest BCUT2D eigenvalue weighted by atomic mass is 10.00.